The number of aliphatic carboxylic acids is 2. The first-order valence-electron chi connectivity index (χ1n) is 18.7. The smallest absolute Gasteiger partial charge is 0.338 e. The second-order valence-corrected chi connectivity index (χ2v) is 13.7. The van der Waals surface area contributed by atoms with Crippen LogP contribution in [-0.2, 0) is 35.2 Å². The van der Waals surface area contributed by atoms with Crippen LogP contribution >= 0.6 is 0 Å². The lowest BCUT2D eigenvalue weighted by molar-refractivity contribution is -0.147. The molecule has 314 valence electrons. The van der Waals surface area contributed by atoms with Crippen LogP contribution in [0.5, 0.6) is 11.5 Å². The zero-order valence-electron chi connectivity index (χ0n) is 32.9. The van der Waals surface area contributed by atoms with E-state index in [9.17, 15) is 48.6 Å². The molecule has 4 rings (SSSR count). The van der Waals surface area contributed by atoms with Gasteiger partial charge in [-0.3, -0.25) is 24.0 Å². The van der Waals surface area contributed by atoms with Gasteiger partial charge in [-0.25, -0.2) is 14.4 Å². The maximum atomic E-state index is 14.2. The van der Waals surface area contributed by atoms with E-state index in [0.29, 0.717) is 16.5 Å². The Morgan fingerprint density at radius 1 is 0.667 bits per heavy atom. The largest absolute Gasteiger partial charge is 0.481 e. The maximum absolute atomic E-state index is 14.2. The molecule has 4 amide bonds. The Balaban J connectivity index is 1.57. The Labute approximate surface area is 344 Å². The van der Waals surface area contributed by atoms with E-state index < -0.39 is 72.1 Å². The molecule has 17 heteroatoms. The standard InChI is InChI=1S/C43H45N5O12/c1-24(2)42(57)59-34-18-9-6-14-28(34)37(51)44-20-12-11-17-31(46-38(52)29-15-7-10-19-35(29)60-43(58)25(3)4)39(53)47-32(40(54)48-33(41(55)56)22-36(49)50)21-26-23-45-30-16-8-5-13-27(26)30/h5-10,13-16,18-19,23,31-33,45H,1,3,11-12,17,20-22H2,2,4H3,(H,44,51)(H,46,52)(H,47,53)(H,48,54)(H,49,50)(H,55,56)/t31-,32-,33-/m0/s1. The minimum atomic E-state index is -1.83. The number of nitrogens with one attached hydrogen (secondary N) is 5. The molecule has 1 heterocycles. The van der Waals surface area contributed by atoms with E-state index in [4.69, 9.17) is 9.47 Å². The van der Waals surface area contributed by atoms with Gasteiger partial charge in [0, 0.05) is 41.2 Å². The normalized spacial score (nSPS) is 12.2. The summed E-state index contributed by atoms with van der Waals surface area (Å²) in [4.78, 5) is 105. The van der Waals surface area contributed by atoms with Crippen molar-refractivity contribution in [2.75, 3.05) is 6.54 Å². The lowest BCUT2D eigenvalue weighted by Crippen LogP contribution is -2.56. The highest BCUT2D eigenvalue weighted by atomic mass is 16.5. The van der Waals surface area contributed by atoms with E-state index >= 15 is 0 Å². The van der Waals surface area contributed by atoms with Gasteiger partial charge in [-0.2, -0.15) is 0 Å². The fourth-order valence-electron chi connectivity index (χ4n) is 5.78. The summed E-state index contributed by atoms with van der Waals surface area (Å²) in [6.45, 7) is 10.1. The van der Waals surface area contributed by atoms with Gasteiger partial charge in [0.15, 0.2) is 0 Å². The van der Waals surface area contributed by atoms with Crippen LogP contribution < -0.4 is 30.7 Å². The molecule has 0 saturated carbocycles. The monoisotopic (exact) mass is 823 g/mol. The highest BCUT2D eigenvalue weighted by Crippen LogP contribution is 2.22. The van der Waals surface area contributed by atoms with Crippen LogP contribution in [-0.4, -0.2) is 87.4 Å². The van der Waals surface area contributed by atoms with Gasteiger partial charge in [-0.15, -0.1) is 0 Å². The molecule has 0 spiro atoms. The molecular weight excluding hydrogens is 778 g/mol. The molecule has 0 saturated heterocycles. The van der Waals surface area contributed by atoms with Gasteiger partial charge in [-0.1, -0.05) is 55.6 Å². The number of carbonyl (C=O) groups is 8. The number of carbonyl (C=O) groups excluding carboxylic acids is 6. The van der Waals surface area contributed by atoms with Crippen LogP contribution in [0.2, 0.25) is 0 Å². The van der Waals surface area contributed by atoms with Crippen molar-refractivity contribution in [1.29, 1.82) is 0 Å². The third kappa shape index (κ3) is 12.7. The number of hydrogen-bond donors (Lipinski definition) is 7. The quantitative estimate of drug-likeness (QED) is 0.0275. The highest BCUT2D eigenvalue weighted by molar-refractivity contribution is 6.02. The predicted molar refractivity (Wildman–Crippen MR) is 217 cm³/mol. The molecule has 1 aromatic heterocycles. The first-order valence-corrected chi connectivity index (χ1v) is 18.7. The number of para-hydroxylation sites is 3. The molecule has 0 bridgehead atoms. The molecule has 4 aromatic rings. The molecule has 60 heavy (non-hydrogen) atoms. The van der Waals surface area contributed by atoms with Crippen molar-refractivity contribution in [3.05, 3.63) is 120 Å². The molecule has 3 atom stereocenters. The molecule has 0 aliphatic rings. The third-order valence-corrected chi connectivity index (χ3v) is 8.92. The van der Waals surface area contributed by atoms with E-state index in [-0.39, 0.29) is 66.0 Å². The molecular formula is C43H45N5O12. The Hall–Kier alpha value is -7.56. The number of hydrogen-bond acceptors (Lipinski definition) is 10. The van der Waals surface area contributed by atoms with Crippen molar-refractivity contribution < 1.29 is 58.0 Å². The number of ether oxygens (including phenoxy) is 2. The van der Waals surface area contributed by atoms with Crippen molar-refractivity contribution in [2.24, 2.45) is 0 Å². The zero-order chi connectivity index (χ0) is 43.9. The average Bonchev–Trinajstić information content (AvgIpc) is 3.62. The van der Waals surface area contributed by atoms with E-state index in [0.717, 1.165) is 0 Å². The van der Waals surface area contributed by atoms with Gasteiger partial charge in [0.2, 0.25) is 11.8 Å². The third-order valence-electron chi connectivity index (χ3n) is 8.92. The first kappa shape index (κ1) is 45.1. The lowest BCUT2D eigenvalue weighted by Gasteiger charge is -2.24. The Morgan fingerprint density at radius 3 is 1.78 bits per heavy atom. The highest BCUT2D eigenvalue weighted by Gasteiger charge is 2.32. The number of unbranched alkanes of at least 4 members (excludes halogenated alkanes) is 1. The fraction of sp³-hybridized carbons (Fsp3) is 0.256. The fourth-order valence-corrected chi connectivity index (χ4v) is 5.78. The average molecular weight is 824 g/mol. The summed E-state index contributed by atoms with van der Waals surface area (Å²) in [6.07, 6.45) is 0.951. The summed E-state index contributed by atoms with van der Waals surface area (Å²) in [5.41, 5.74) is 1.48. The number of amides is 4. The molecule has 0 aliphatic carbocycles. The van der Waals surface area contributed by atoms with E-state index in [1.165, 1.54) is 50.2 Å². The van der Waals surface area contributed by atoms with E-state index in [2.05, 4.69) is 39.4 Å². The molecule has 3 aromatic carbocycles. The van der Waals surface area contributed by atoms with Crippen LogP contribution in [0, 0.1) is 0 Å². The summed E-state index contributed by atoms with van der Waals surface area (Å²) in [5, 5.41) is 29.8. The first-order chi connectivity index (χ1) is 28.5. The van der Waals surface area contributed by atoms with Gasteiger partial charge < -0.3 is 45.9 Å². The van der Waals surface area contributed by atoms with Crippen molar-refractivity contribution in [3.8, 4) is 11.5 Å². The number of fused-ring (bicyclic) bond motifs is 1. The molecule has 0 aliphatic heterocycles. The van der Waals surface area contributed by atoms with Crippen molar-refractivity contribution in [2.45, 2.75) is 64.1 Å². The second-order valence-electron chi connectivity index (χ2n) is 13.7. The molecule has 17 nitrogen and oxygen atoms in total. The number of carboxylic acid groups (broad SMARTS) is 2. The number of esters is 2. The molecule has 0 unspecified atom stereocenters. The molecule has 0 fully saturated rings. The molecule has 7 N–H and O–H groups in total. The van der Waals surface area contributed by atoms with Crippen LogP contribution in [0.1, 0.15) is 65.8 Å². The zero-order valence-corrected chi connectivity index (χ0v) is 32.9. The Bertz CT molecular complexity index is 2320. The van der Waals surface area contributed by atoms with Crippen molar-refractivity contribution >= 4 is 58.4 Å². The summed E-state index contributed by atoms with van der Waals surface area (Å²) >= 11 is 0. The van der Waals surface area contributed by atoms with Gasteiger partial charge >= 0.3 is 23.9 Å². The van der Waals surface area contributed by atoms with E-state index in [1.807, 2.05) is 0 Å². The van der Waals surface area contributed by atoms with Crippen LogP contribution in [0.25, 0.3) is 10.9 Å². The van der Waals surface area contributed by atoms with Gasteiger partial charge in [-0.05, 0) is 69.0 Å². The molecule has 0 radical (unpaired) electrons. The minimum absolute atomic E-state index is 0.0283. The number of rotatable bonds is 21. The Kier molecular flexibility index (Phi) is 16.0. The van der Waals surface area contributed by atoms with Crippen LogP contribution in [0.3, 0.4) is 0 Å². The van der Waals surface area contributed by atoms with Crippen LogP contribution in [0.4, 0.5) is 0 Å². The van der Waals surface area contributed by atoms with Crippen molar-refractivity contribution in [1.82, 2.24) is 26.3 Å². The minimum Gasteiger partial charge on any atom is -0.481 e. The van der Waals surface area contributed by atoms with Crippen LogP contribution in [0.15, 0.2) is 103 Å². The number of benzene rings is 3. The predicted octanol–water partition coefficient (Wildman–Crippen LogP) is 3.60. The number of H-pyrrole nitrogens is 1. The number of carboxylic acids is 2. The summed E-state index contributed by atoms with van der Waals surface area (Å²) in [7, 11) is 0. The summed E-state index contributed by atoms with van der Waals surface area (Å²) in [5.74, 6) is -7.90. The number of aromatic amines is 1. The van der Waals surface area contributed by atoms with E-state index in [1.54, 1.807) is 42.6 Å². The van der Waals surface area contributed by atoms with Gasteiger partial charge in [0.1, 0.15) is 29.6 Å². The lowest BCUT2D eigenvalue weighted by atomic mass is 10.0. The Morgan fingerprint density at radius 2 is 1.20 bits per heavy atom. The number of aromatic nitrogens is 1. The SMILES string of the molecule is C=C(C)C(=O)Oc1ccccc1C(=O)NCCCC[C@H](NC(=O)c1ccccc1OC(=O)C(=C)C)C(=O)N[C@@H](Cc1c[nH]c2ccccc12)C(=O)N[C@@H](CC(=O)O)C(=O)O. The van der Waals surface area contributed by atoms with Crippen molar-refractivity contribution in [3.63, 3.8) is 0 Å². The topological polar surface area (TPSA) is 259 Å². The summed E-state index contributed by atoms with van der Waals surface area (Å²) in [6, 6.07) is 14.4. The van der Waals surface area contributed by atoms with Gasteiger partial charge in [0.05, 0.1) is 17.5 Å². The second kappa shape index (κ2) is 21.3. The summed E-state index contributed by atoms with van der Waals surface area (Å²) < 4.78 is 10.6. The maximum Gasteiger partial charge on any atom is 0.338 e. The van der Waals surface area contributed by atoms with Gasteiger partial charge in [0.25, 0.3) is 11.8 Å².